The van der Waals surface area contributed by atoms with Crippen molar-refractivity contribution < 1.29 is 0 Å². The van der Waals surface area contributed by atoms with Crippen molar-refractivity contribution in [2.75, 3.05) is 6.54 Å². The fraction of sp³-hybridized carbons (Fsp3) is 0.357. The lowest BCUT2D eigenvalue weighted by atomic mass is 10.1. The van der Waals surface area contributed by atoms with Gasteiger partial charge >= 0.3 is 0 Å². The highest BCUT2D eigenvalue weighted by Gasteiger charge is 1.99. The van der Waals surface area contributed by atoms with Gasteiger partial charge in [-0.1, -0.05) is 42.8 Å². The lowest BCUT2D eigenvalue weighted by Crippen LogP contribution is -2.14. The molecule has 2 aromatic rings. The third kappa shape index (κ3) is 3.86. The van der Waals surface area contributed by atoms with E-state index in [1.165, 1.54) is 11.1 Å². The SMILES string of the molecule is CCCNCc1cccc(Cn2cc(Cl)cn2)c1. The second-order valence-electron chi connectivity index (χ2n) is 4.35. The molecule has 18 heavy (non-hydrogen) atoms. The molecular formula is C14H18ClN3. The molecule has 1 aromatic carbocycles. The normalized spacial score (nSPS) is 10.8. The molecule has 1 heterocycles. The fourth-order valence-corrected chi connectivity index (χ4v) is 2.02. The first-order chi connectivity index (χ1) is 8.78. The van der Waals surface area contributed by atoms with Crippen molar-refractivity contribution in [3.05, 3.63) is 52.8 Å². The van der Waals surface area contributed by atoms with Gasteiger partial charge in [-0.25, -0.2) is 0 Å². The Balaban J connectivity index is 1.98. The van der Waals surface area contributed by atoms with Gasteiger partial charge < -0.3 is 5.32 Å². The summed E-state index contributed by atoms with van der Waals surface area (Å²) in [5.41, 5.74) is 2.55. The van der Waals surface area contributed by atoms with Crippen LogP contribution in [0, 0.1) is 0 Å². The van der Waals surface area contributed by atoms with Crippen LogP contribution in [0.3, 0.4) is 0 Å². The molecule has 0 bridgehead atoms. The van der Waals surface area contributed by atoms with Crippen LogP contribution in [-0.2, 0) is 13.1 Å². The van der Waals surface area contributed by atoms with Gasteiger partial charge in [0, 0.05) is 12.7 Å². The Bertz CT molecular complexity index is 493. The minimum absolute atomic E-state index is 0.677. The Morgan fingerprint density at radius 2 is 2.17 bits per heavy atom. The number of nitrogens with zero attached hydrogens (tertiary/aromatic N) is 2. The van der Waals surface area contributed by atoms with Crippen LogP contribution in [-0.4, -0.2) is 16.3 Å². The Hall–Kier alpha value is -1.32. The number of nitrogens with one attached hydrogen (secondary N) is 1. The molecule has 0 spiro atoms. The molecule has 0 unspecified atom stereocenters. The van der Waals surface area contributed by atoms with Gasteiger partial charge in [0.2, 0.25) is 0 Å². The Morgan fingerprint density at radius 1 is 1.33 bits per heavy atom. The third-order valence-corrected chi connectivity index (χ3v) is 2.89. The molecule has 0 saturated heterocycles. The van der Waals surface area contributed by atoms with E-state index in [2.05, 4.69) is 41.6 Å². The van der Waals surface area contributed by atoms with Crippen molar-refractivity contribution >= 4 is 11.6 Å². The molecule has 0 saturated carbocycles. The van der Waals surface area contributed by atoms with Crippen molar-refractivity contribution in [3.8, 4) is 0 Å². The van der Waals surface area contributed by atoms with Gasteiger partial charge in [0.05, 0.1) is 17.8 Å². The lowest BCUT2D eigenvalue weighted by Gasteiger charge is -2.06. The predicted molar refractivity (Wildman–Crippen MR) is 74.8 cm³/mol. The van der Waals surface area contributed by atoms with Crippen LogP contribution in [0.5, 0.6) is 0 Å². The van der Waals surface area contributed by atoms with Gasteiger partial charge in [-0.15, -0.1) is 0 Å². The van der Waals surface area contributed by atoms with Gasteiger partial charge in [-0.2, -0.15) is 5.10 Å². The summed E-state index contributed by atoms with van der Waals surface area (Å²) in [4.78, 5) is 0. The molecule has 1 N–H and O–H groups in total. The summed E-state index contributed by atoms with van der Waals surface area (Å²) >= 11 is 5.85. The van der Waals surface area contributed by atoms with Crippen LogP contribution in [0.1, 0.15) is 24.5 Å². The second kappa shape index (κ2) is 6.57. The first-order valence-electron chi connectivity index (χ1n) is 6.24. The topological polar surface area (TPSA) is 29.9 Å². The molecule has 2 rings (SSSR count). The maximum atomic E-state index is 5.85. The van der Waals surface area contributed by atoms with E-state index in [9.17, 15) is 0 Å². The zero-order valence-electron chi connectivity index (χ0n) is 10.6. The molecule has 0 fully saturated rings. The molecule has 0 atom stereocenters. The van der Waals surface area contributed by atoms with Crippen molar-refractivity contribution in [2.24, 2.45) is 0 Å². The van der Waals surface area contributed by atoms with E-state index in [0.29, 0.717) is 5.02 Å². The summed E-state index contributed by atoms with van der Waals surface area (Å²) in [7, 11) is 0. The summed E-state index contributed by atoms with van der Waals surface area (Å²) in [5.74, 6) is 0. The fourth-order valence-electron chi connectivity index (χ4n) is 1.86. The molecule has 0 aliphatic heterocycles. The number of rotatable bonds is 6. The monoisotopic (exact) mass is 263 g/mol. The molecule has 1 aromatic heterocycles. The van der Waals surface area contributed by atoms with Crippen LogP contribution in [0.25, 0.3) is 0 Å². The van der Waals surface area contributed by atoms with Crippen LogP contribution >= 0.6 is 11.6 Å². The standard InChI is InChI=1S/C14H18ClN3/c1-2-6-16-8-12-4-3-5-13(7-12)10-18-11-14(15)9-17-18/h3-5,7,9,11,16H,2,6,8,10H2,1H3. The maximum Gasteiger partial charge on any atom is 0.0785 e. The molecule has 0 radical (unpaired) electrons. The van der Waals surface area contributed by atoms with E-state index in [1.807, 2.05) is 10.9 Å². The van der Waals surface area contributed by atoms with E-state index in [0.717, 1.165) is 26.1 Å². The minimum atomic E-state index is 0.677. The molecule has 4 heteroatoms. The van der Waals surface area contributed by atoms with Crippen LogP contribution in [0.2, 0.25) is 5.02 Å². The van der Waals surface area contributed by atoms with Crippen molar-refractivity contribution in [2.45, 2.75) is 26.4 Å². The molecule has 0 aliphatic rings. The summed E-state index contributed by atoms with van der Waals surface area (Å²) in [6.45, 7) is 4.90. The molecule has 96 valence electrons. The number of halogens is 1. The highest BCUT2D eigenvalue weighted by molar-refractivity contribution is 6.30. The molecule has 0 amide bonds. The molecule has 0 aliphatic carbocycles. The predicted octanol–water partition coefficient (Wildman–Crippen LogP) is 3.08. The number of hydrogen-bond donors (Lipinski definition) is 1. The zero-order valence-corrected chi connectivity index (χ0v) is 11.3. The van der Waals surface area contributed by atoms with E-state index in [1.54, 1.807) is 6.20 Å². The molecular weight excluding hydrogens is 246 g/mol. The second-order valence-corrected chi connectivity index (χ2v) is 4.79. The minimum Gasteiger partial charge on any atom is -0.313 e. The summed E-state index contributed by atoms with van der Waals surface area (Å²) in [6, 6.07) is 8.54. The van der Waals surface area contributed by atoms with Crippen LogP contribution < -0.4 is 5.32 Å². The van der Waals surface area contributed by atoms with E-state index in [-0.39, 0.29) is 0 Å². The quantitative estimate of drug-likeness (QED) is 0.812. The number of benzene rings is 1. The van der Waals surface area contributed by atoms with Crippen LogP contribution in [0.4, 0.5) is 0 Å². The average Bonchev–Trinajstić information content (AvgIpc) is 2.76. The van der Waals surface area contributed by atoms with Gasteiger partial charge in [0.15, 0.2) is 0 Å². The summed E-state index contributed by atoms with van der Waals surface area (Å²) < 4.78 is 1.85. The van der Waals surface area contributed by atoms with Gasteiger partial charge in [0.25, 0.3) is 0 Å². The van der Waals surface area contributed by atoms with E-state index >= 15 is 0 Å². The summed E-state index contributed by atoms with van der Waals surface area (Å²) in [5, 5.41) is 8.26. The number of hydrogen-bond acceptors (Lipinski definition) is 2. The van der Waals surface area contributed by atoms with E-state index in [4.69, 9.17) is 11.6 Å². The first kappa shape index (κ1) is 13.1. The van der Waals surface area contributed by atoms with Gasteiger partial charge in [0.1, 0.15) is 0 Å². The largest absolute Gasteiger partial charge is 0.313 e. The third-order valence-electron chi connectivity index (χ3n) is 2.69. The average molecular weight is 264 g/mol. The number of aromatic nitrogens is 2. The lowest BCUT2D eigenvalue weighted by molar-refractivity contribution is 0.668. The molecule has 3 nitrogen and oxygen atoms in total. The van der Waals surface area contributed by atoms with Crippen molar-refractivity contribution in [3.63, 3.8) is 0 Å². The highest BCUT2D eigenvalue weighted by atomic mass is 35.5. The Morgan fingerprint density at radius 3 is 2.89 bits per heavy atom. The summed E-state index contributed by atoms with van der Waals surface area (Å²) in [6.07, 6.45) is 4.66. The van der Waals surface area contributed by atoms with Crippen molar-refractivity contribution in [1.29, 1.82) is 0 Å². The van der Waals surface area contributed by atoms with Crippen molar-refractivity contribution in [1.82, 2.24) is 15.1 Å². The zero-order chi connectivity index (χ0) is 12.8. The first-order valence-corrected chi connectivity index (χ1v) is 6.62. The van der Waals surface area contributed by atoms with Crippen LogP contribution in [0.15, 0.2) is 36.7 Å². The van der Waals surface area contributed by atoms with Gasteiger partial charge in [-0.3, -0.25) is 4.68 Å². The smallest absolute Gasteiger partial charge is 0.0785 e. The Kier molecular flexibility index (Phi) is 4.79. The Labute approximate surface area is 113 Å². The van der Waals surface area contributed by atoms with E-state index < -0.39 is 0 Å². The van der Waals surface area contributed by atoms with Gasteiger partial charge in [-0.05, 0) is 24.1 Å². The maximum absolute atomic E-state index is 5.85. The highest BCUT2D eigenvalue weighted by Crippen LogP contribution is 2.10.